The number of nitrogens with zero attached hydrogens (tertiary/aromatic N) is 4. The Morgan fingerprint density at radius 1 is 1.17 bits per heavy atom. The molecule has 1 aliphatic heterocycles. The number of piperazine rings is 1. The number of hydrogen-bond donors (Lipinski definition) is 1. The van der Waals surface area contributed by atoms with Crippen LogP contribution in [0.4, 0.5) is 4.39 Å². The standard InChI is InChI=1S/C18H18FN5O4S2/c19-13-3-1-4-14(11-13)30(26,27)24-9-7-23(8-10-24)16(25)12-29-18-22-21-17(28-18)15-5-2-6-20-15/h1-6,11,20H,7-10,12H2. The van der Waals surface area contributed by atoms with Crippen LogP contribution in [0, 0.1) is 5.82 Å². The number of rotatable bonds is 6. The first-order valence-electron chi connectivity index (χ1n) is 9.07. The fraction of sp³-hybridized carbons (Fsp3) is 0.278. The van der Waals surface area contributed by atoms with E-state index in [1.807, 2.05) is 6.07 Å². The van der Waals surface area contributed by atoms with Gasteiger partial charge in [0.25, 0.3) is 11.1 Å². The van der Waals surface area contributed by atoms with Gasteiger partial charge in [-0.2, -0.15) is 4.31 Å². The van der Waals surface area contributed by atoms with Crippen molar-refractivity contribution in [1.82, 2.24) is 24.4 Å². The molecule has 158 valence electrons. The van der Waals surface area contributed by atoms with Crippen molar-refractivity contribution in [2.24, 2.45) is 0 Å². The van der Waals surface area contributed by atoms with Crippen LogP contribution in [0.15, 0.2) is 57.1 Å². The molecule has 0 atom stereocenters. The van der Waals surface area contributed by atoms with E-state index in [2.05, 4.69) is 15.2 Å². The predicted molar refractivity (Wildman–Crippen MR) is 107 cm³/mol. The topological polar surface area (TPSA) is 112 Å². The van der Waals surface area contributed by atoms with Crippen LogP contribution < -0.4 is 0 Å². The van der Waals surface area contributed by atoms with E-state index in [0.717, 1.165) is 17.8 Å². The Balaban J connectivity index is 1.30. The minimum atomic E-state index is -3.79. The number of aromatic nitrogens is 3. The molecule has 1 fully saturated rings. The van der Waals surface area contributed by atoms with Gasteiger partial charge in [0.05, 0.1) is 10.6 Å². The summed E-state index contributed by atoms with van der Waals surface area (Å²) in [5, 5.41) is 8.12. The number of nitrogens with one attached hydrogen (secondary N) is 1. The van der Waals surface area contributed by atoms with Gasteiger partial charge in [0, 0.05) is 32.4 Å². The molecule has 1 aliphatic rings. The van der Waals surface area contributed by atoms with E-state index >= 15 is 0 Å². The molecule has 3 aromatic rings. The van der Waals surface area contributed by atoms with Gasteiger partial charge in [-0.15, -0.1) is 10.2 Å². The third kappa shape index (κ3) is 4.40. The molecule has 2 aromatic heterocycles. The number of amides is 1. The van der Waals surface area contributed by atoms with Crippen LogP contribution in [0.5, 0.6) is 0 Å². The fourth-order valence-corrected chi connectivity index (χ4v) is 5.13. The molecule has 3 heterocycles. The first-order valence-corrected chi connectivity index (χ1v) is 11.5. The van der Waals surface area contributed by atoms with Crippen molar-refractivity contribution in [3.8, 4) is 11.6 Å². The molecule has 1 aromatic carbocycles. The molecule has 0 saturated carbocycles. The second-order valence-electron chi connectivity index (χ2n) is 6.49. The summed E-state index contributed by atoms with van der Waals surface area (Å²) in [5.74, 6) is -0.320. The van der Waals surface area contributed by atoms with Gasteiger partial charge in [-0.05, 0) is 30.3 Å². The number of hydrogen-bond acceptors (Lipinski definition) is 7. The highest BCUT2D eigenvalue weighted by Crippen LogP contribution is 2.23. The number of thioether (sulfide) groups is 1. The maximum absolute atomic E-state index is 13.4. The summed E-state index contributed by atoms with van der Waals surface area (Å²) in [7, 11) is -3.79. The zero-order valence-corrected chi connectivity index (χ0v) is 17.3. The zero-order chi connectivity index (χ0) is 21.1. The van der Waals surface area contributed by atoms with Crippen molar-refractivity contribution >= 4 is 27.7 Å². The Bertz CT molecular complexity index is 1130. The summed E-state index contributed by atoms with van der Waals surface area (Å²) in [6.45, 7) is 0.802. The molecule has 4 rings (SSSR count). The lowest BCUT2D eigenvalue weighted by Gasteiger charge is -2.33. The van der Waals surface area contributed by atoms with Crippen LogP contribution in [0.2, 0.25) is 0 Å². The maximum atomic E-state index is 13.4. The van der Waals surface area contributed by atoms with E-state index in [9.17, 15) is 17.6 Å². The monoisotopic (exact) mass is 451 g/mol. The van der Waals surface area contributed by atoms with Gasteiger partial charge in [-0.1, -0.05) is 17.8 Å². The maximum Gasteiger partial charge on any atom is 0.277 e. The average molecular weight is 452 g/mol. The molecular formula is C18H18FN5O4S2. The summed E-state index contributed by atoms with van der Waals surface area (Å²) in [6.07, 6.45) is 1.74. The van der Waals surface area contributed by atoms with E-state index < -0.39 is 15.8 Å². The molecule has 0 radical (unpaired) electrons. The summed E-state index contributed by atoms with van der Waals surface area (Å²) >= 11 is 1.13. The molecule has 9 nitrogen and oxygen atoms in total. The highest BCUT2D eigenvalue weighted by atomic mass is 32.2. The third-order valence-corrected chi connectivity index (χ3v) is 7.28. The number of sulfonamides is 1. The van der Waals surface area contributed by atoms with Crippen molar-refractivity contribution < 1.29 is 22.0 Å². The average Bonchev–Trinajstić information content (AvgIpc) is 3.44. The lowest BCUT2D eigenvalue weighted by atomic mass is 10.3. The van der Waals surface area contributed by atoms with Crippen molar-refractivity contribution in [2.45, 2.75) is 10.1 Å². The Kier molecular flexibility index (Phi) is 5.88. The van der Waals surface area contributed by atoms with Crippen LogP contribution in [0.1, 0.15) is 0 Å². The molecule has 1 saturated heterocycles. The quantitative estimate of drug-likeness (QED) is 0.569. The Labute approximate surface area is 176 Å². The van der Waals surface area contributed by atoms with E-state index in [0.29, 0.717) is 11.6 Å². The normalized spacial score (nSPS) is 15.4. The first kappa shape index (κ1) is 20.6. The van der Waals surface area contributed by atoms with E-state index in [-0.39, 0.29) is 48.0 Å². The van der Waals surface area contributed by atoms with Crippen LogP contribution in [-0.2, 0) is 14.8 Å². The predicted octanol–water partition coefficient (Wildman–Crippen LogP) is 1.83. The number of carbonyl (C=O) groups is 1. The number of carbonyl (C=O) groups excluding carboxylic acids is 1. The fourth-order valence-electron chi connectivity index (χ4n) is 3.01. The van der Waals surface area contributed by atoms with E-state index in [4.69, 9.17) is 4.42 Å². The van der Waals surface area contributed by atoms with Gasteiger partial charge in [0.2, 0.25) is 15.9 Å². The van der Waals surface area contributed by atoms with Gasteiger partial charge >= 0.3 is 0 Å². The second kappa shape index (κ2) is 8.58. The number of aromatic amines is 1. The van der Waals surface area contributed by atoms with Crippen LogP contribution in [0.25, 0.3) is 11.6 Å². The minimum absolute atomic E-state index is 0.0907. The largest absolute Gasteiger partial charge is 0.410 e. The van der Waals surface area contributed by atoms with E-state index in [1.165, 1.54) is 22.5 Å². The van der Waals surface area contributed by atoms with Crippen molar-refractivity contribution in [1.29, 1.82) is 0 Å². The molecule has 0 spiro atoms. The summed E-state index contributed by atoms with van der Waals surface area (Å²) in [5.41, 5.74) is 0.691. The second-order valence-corrected chi connectivity index (χ2v) is 9.35. The molecule has 0 aliphatic carbocycles. The highest BCUT2D eigenvalue weighted by Gasteiger charge is 2.30. The molecule has 0 bridgehead atoms. The molecule has 30 heavy (non-hydrogen) atoms. The zero-order valence-electron chi connectivity index (χ0n) is 15.7. The third-order valence-electron chi connectivity index (χ3n) is 4.58. The molecule has 1 amide bonds. The SMILES string of the molecule is O=C(CSc1nnc(-c2ccc[nH]2)o1)N1CCN(S(=O)(=O)c2cccc(F)c2)CC1. The lowest BCUT2D eigenvalue weighted by Crippen LogP contribution is -2.50. The molecule has 1 N–H and O–H groups in total. The number of H-pyrrole nitrogens is 1. The summed E-state index contributed by atoms with van der Waals surface area (Å²) in [4.78, 5) is 16.9. The van der Waals surface area contributed by atoms with Gasteiger partial charge in [-0.25, -0.2) is 12.8 Å². The van der Waals surface area contributed by atoms with Gasteiger partial charge in [0.15, 0.2) is 0 Å². The van der Waals surface area contributed by atoms with Crippen LogP contribution in [0.3, 0.4) is 0 Å². The van der Waals surface area contributed by atoms with Gasteiger partial charge in [0.1, 0.15) is 11.5 Å². The number of halogens is 1. The van der Waals surface area contributed by atoms with Crippen LogP contribution in [-0.4, -0.2) is 70.6 Å². The van der Waals surface area contributed by atoms with Gasteiger partial charge in [-0.3, -0.25) is 4.79 Å². The minimum Gasteiger partial charge on any atom is -0.410 e. The summed E-state index contributed by atoms with van der Waals surface area (Å²) in [6, 6.07) is 8.51. The molecule has 0 unspecified atom stereocenters. The van der Waals surface area contributed by atoms with Gasteiger partial charge < -0.3 is 14.3 Å². The molecular weight excluding hydrogens is 433 g/mol. The lowest BCUT2D eigenvalue weighted by molar-refractivity contribution is -0.129. The van der Waals surface area contributed by atoms with Crippen LogP contribution >= 0.6 is 11.8 Å². The van der Waals surface area contributed by atoms with E-state index in [1.54, 1.807) is 17.2 Å². The first-order chi connectivity index (χ1) is 14.4. The summed E-state index contributed by atoms with van der Waals surface area (Å²) < 4.78 is 45.4. The Morgan fingerprint density at radius 3 is 2.67 bits per heavy atom. The molecule has 12 heteroatoms. The Morgan fingerprint density at radius 2 is 1.97 bits per heavy atom. The van der Waals surface area contributed by atoms with Crippen molar-refractivity contribution in [3.63, 3.8) is 0 Å². The number of benzene rings is 1. The van der Waals surface area contributed by atoms with Crippen molar-refractivity contribution in [3.05, 3.63) is 48.4 Å². The van der Waals surface area contributed by atoms with Crippen molar-refractivity contribution in [2.75, 3.05) is 31.9 Å². The highest BCUT2D eigenvalue weighted by molar-refractivity contribution is 7.99. The Hall–Kier alpha value is -2.70. The smallest absolute Gasteiger partial charge is 0.277 e.